The van der Waals surface area contributed by atoms with Crippen molar-refractivity contribution in [2.24, 2.45) is 0 Å². The number of carbonyl (C=O) groups excluding carboxylic acids is 1. The summed E-state index contributed by atoms with van der Waals surface area (Å²) in [5, 5.41) is 21.2. The maximum atomic E-state index is 12.3. The first-order valence-corrected chi connectivity index (χ1v) is 6.81. The van der Waals surface area contributed by atoms with Crippen LogP contribution in [0.5, 0.6) is 0 Å². The first-order valence-electron chi connectivity index (χ1n) is 6.81. The molecular formula is C14H22N2O3. The number of nitrogens with zero attached hydrogens (tertiary/aromatic N) is 1. The highest BCUT2D eigenvalue weighted by Crippen LogP contribution is 2.30. The van der Waals surface area contributed by atoms with Crippen molar-refractivity contribution in [3.63, 3.8) is 0 Å². The van der Waals surface area contributed by atoms with Gasteiger partial charge in [0.1, 0.15) is 5.69 Å². The molecule has 1 fully saturated rings. The molecule has 0 radical (unpaired) electrons. The predicted octanol–water partition coefficient (Wildman–Crippen LogP) is 1.08. The SMILES string of the molecule is CC(CO)(CO)NC(=O)c1cccn1C1CCCC1. The van der Waals surface area contributed by atoms with Gasteiger partial charge in [-0.2, -0.15) is 0 Å². The van der Waals surface area contributed by atoms with E-state index in [1.54, 1.807) is 13.0 Å². The van der Waals surface area contributed by atoms with Crippen LogP contribution in [-0.2, 0) is 0 Å². The minimum Gasteiger partial charge on any atom is -0.394 e. The Kier molecular flexibility index (Phi) is 4.27. The maximum Gasteiger partial charge on any atom is 0.268 e. The van der Waals surface area contributed by atoms with Gasteiger partial charge in [-0.3, -0.25) is 4.79 Å². The zero-order valence-electron chi connectivity index (χ0n) is 11.3. The van der Waals surface area contributed by atoms with E-state index in [4.69, 9.17) is 0 Å². The lowest BCUT2D eigenvalue weighted by molar-refractivity contribution is 0.0714. The molecule has 0 atom stereocenters. The summed E-state index contributed by atoms with van der Waals surface area (Å²) in [7, 11) is 0. The van der Waals surface area contributed by atoms with Crippen molar-refractivity contribution in [1.29, 1.82) is 0 Å². The number of nitrogens with one attached hydrogen (secondary N) is 1. The third-order valence-electron chi connectivity index (χ3n) is 3.84. The van der Waals surface area contributed by atoms with Crippen LogP contribution in [-0.4, -0.2) is 39.4 Å². The Balaban J connectivity index is 2.13. The predicted molar refractivity (Wildman–Crippen MR) is 72.0 cm³/mol. The van der Waals surface area contributed by atoms with Crippen LogP contribution in [0.4, 0.5) is 0 Å². The Bertz CT molecular complexity index is 432. The van der Waals surface area contributed by atoms with Crippen LogP contribution in [0, 0.1) is 0 Å². The first kappa shape index (κ1) is 14.1. The number of aliphatic hydroxyl groups excluding tert-OH is 2. The Morgan fingerprint density at radius 3 is 2.63 bits per heavy atom. The molecular weight excluding hydrogens is 244 g/mol. The van der Waals surface area contributed by atoms with Crippen LogP contribution >= 0.6 is 0 Å². The van der Waals surface area contributed by atoms with Crippen molar-refractivity contribution < 1.29 is 15.0 Å². The molecule has 1 aliphatic rings. The summed E-state index contributed by atoms with van der Waals surface area (Å²) in [6, 6.07) is 4.04. The lowest BCUT2D eigenvalue weighted by Crippen LogP contribution is -2.52. The van der Waals surface area contributed by atoms with E-state index in [1.807, 2.05) is 16.8 Å². The summed E-state index contributed by atoms with van der Waals surface area (Å²) < 4.78 is 2.01. The highest BCUT2D eigenvalue weighted by atomic mass is 16.3. The zero-order valence-corrected chi connectivity index (χ0v) is 11.3. The van der Waals surface area contributed by atoms with Crippen LogP contribution < -0.4 is 5.32 Å². The molecule has 1 heterocycles. The van der Waals surface area contributed by atoms with Crippen molar-refractivity contribution in [1.82, 2.24) is 9.88 Å². The molecule has 0 aromatic carbocycles. The smallest absolute Gasteiger partial charge is 0.268 e. The fourth-order valence-corrected chi connectivity index (χ4v) is 2.55. The fourth-order valence-electron chi connectivity index (χ4n) is 2.55. The van der Waals surface area contributed by atoms with E-state index in [0.717, 1.165) is 12.8 Å². The second-order valence-electron chi connectivity index (χ2n) is 5.57. The molecule has 0 spiro atoms. The van der Waals surface area contributed by atoms with Gasteiger partial charge < -0.3 is 20.1 Å². The molecule has 1 aromatic rings. The van der Waals surface area contributed by atoms with Gasteiger partial charge >= 0.3 is 0 Å². The highest BCUT2D eigenvalue weighted by Gasteiger charge is 2.27. The zero-order chi connectivity index (χ0) is 13.9. The summed E-state index contributed by atoms with van der Waals surface area (Å²) in [6.45, 7) is 1.03. The van der Waals surface area contributed by atoms with Crippen LogP contribution in [0.25, 0.3) is 0 Å². The quantitative estimate of drug-likeness (QED) is 0.746. The van der Waals surface area contributed by atoms with Gasteiger partial charge in [0.15, 0.2) is 0 Å². The normalized spacial score (nSPS) is 16.8. The van der Waals surface area contributed by atoms with Crippen LogP contribution in [0.15, 0.2) is 18.3 Å². The Hall–Kier alpha value is -1.33. The molecule has 0 bridgehead atoms. The van der Waals surface area contributed by atoms with Crippen molar-refractivity contribution in [2.45, 2.75) is 44.2 Å². The summed E-state index contributed by atoms with van der Waals surface area (Å²) in [5.41, 5.74) is -0.387. The van der Waals surface area contributed by atoms with Gasteiger partial charge in [0, 0.05) is 12.2 Å². The third kappa shape index (κ3) is 2.98. The molecule has 3 N–H and O–H groups in total. The average Bonchev–Trinajstić information content (AvgIpc) is 3.08. The maximum absolute atomic E-state index is 12.3. The van der Waals surface area contributed by atoms with Gasteiger partial charge in [0.05, 0.1) is 18.8 Å². The van der Waals surface area contributed by atoms with Crippen molar-refractivity contribution in [2.75, 3.05) is 13.2 Å². The summed E-state index contributed by atoms with van der Waals surface area (Å²) >= 11 is 0. The van der Waals surface area contributed by atoms with E-state index in [0.29, 0.717) is 11.7 Å². The standard InChI is InChI=1S/C14H22N2O3/c1-14(9-17,10-18)15-13(19)12-7-4-8-16(12)11-5-2-3-6-11/h4,7-8,11,17-18H,2-3,5-6,9-10H2,1H3,(H,15,19). The molecule has 106 valence electrons. The van der Waals surface area contributed by atoms with Gasteiger partial charge in [-0.1, -0.05) is 12.8 Å². The minimum absolute atomic E-state index is 0.248. The molecule has 1 aliphatic carbocycles. The first-order chi connectivity index (χ1) is 9.09. The van der Waals surface area contributed by atoms with E-state index >= 15 is 0 Å². The largest absolute Gasteiger partial charge is 0.394 e. The van der Waals surface area contributed by atoms with E-state index in [9.17, 15) is 15.0 Å². The Morgan fingerprint density at radius 1 is 1.42 bits per heavy atom. The molecule has 1 saturated carbocycles. The minimum atomic E-state index is -0.984. The molecule has 1 amide bonds. The number of aromatic nitrogens is 1. The molecule has 0 saturated heterocycles. The number of hydrogen-bond acceptors (Lipinski definition) is 3. The fraction of sp³-hybridized carbons (Fsp3) is 0.643. The van der Waals surface area contributed by atoms with E-state index in [2.05, 4.69) is 5.32 Å². The van der Waals surface area contributed by atoms with Gasteiger partial charge in [-0.15, -0.1) is 0 Å². The highest BCUT2D eigenvalue weighted by molar-refractivity contribution is 5.93. The van der Waals surface area contributed by atoms with Crippen molar-refractivity contribution >= 4 is 5.91 Å². The molecule has 0 aliphatic heterocycles. The number of amides is 1. The third-order valence-corrected chi connectivity index (χ3v) is 3.84. The monoisotopic (exact) mass is 266 g/mol. The van der Waals surface area contributed by atoms with Crippen molar-refractivity contribution in [3.05, 3.63) is 24.0 Å². The Morgan fingerprint density at radius 2 is 2.05 bits per heavy atom. The molecule has 5 heteroatoms. The second kappa shape index (κ2) is 5.75. The number of rotatable bonds is 5. The lowest BCUT2D eigenvalue weighted by Gasteiger charge is -2.27. The molecule has 0 unspecified atom stereocenters. The molecule has 5 nitrogen and oxygen atoms in total. The number of hydrogen-bond donors (Lipinski definition) is 3. The Labute approximate surface area is 113 Å². The van der Waals surface area contributed by atoms with Crippen LogP contribution in [0.2, 0.25) is 0 Å². The molecule has 2 rings (SSSR count). The van der Waals surface area contributed by atoms with Gasteiger partial charge in [0.25, 0.3) is 5.91 Å². The van der Waals surface area contributed by atoms with Gasteiger partial charge in [-0.05, 0) is 31.9 Å². The van der Waals surface area contributed by atoms with Gasteiger partial charge in [-0.25, -0.2) is 0 Å². The molecule has 1 aromatic heterocycles. The van der Waals surface area contributed by atoms with Crippen LogP contribution in [0.3, 0.4) is 0 Å². The van der Waals surface area contributed by atoms with E-state index in [-0.39, 0.29) is 19.1 Å². The topological polar surface area (TPSA) is 74.5 Å². The van der Waals surface area contributed by atoms with Gasteiger partial charge in [0.2, 0.25) is 0 Å². The second-order valence-corrected chi connectivity index (χ2v) is 5.57. The van der Waals surface area contributed by atoms with E-state index in [1.165, 1.54) is 12.8 Å². The number of carbonyl (C=O) groups is 1. The number of aliphatic hydroxyl groups is 2. The van der Waals surface area contributed by atoms with Crippen molar-refractivity contribution in [3.8, 4) is 0 Å². The van der Waals surface area contributed by atoms with E-state index < -0.39 is 5.54 Å². The molecule has 19 heavy (non-hydrogen) atoms. The van der Waals surface area contributed by atoms with Crippen LogP contribution in [0.1, 0.15) is 49.1 Å². The average molecular weight is 266 g/mol. The summed E-state index contributed by atoms with van der Waals surface area (Å²) in [5.74, 6) is -0.248. The lowest BCUT2D eigenvalue weighted by atomic mass is 10.1. The summed E-state index contributed by atoms with van der Waals surface area (Å²) in [4.78, 5) is 12.3. The summed E-state index contributed by atoms with van der Waals surface area (Å²) in [6.07, 6.45) is 6.54.